The summed E-state index contributed by atoms with van der Waals surface area (Å²) in [4.78, 5) is 2.11. The van der Waals surface area contributed by atoms with Crippen molar-refractivity contribution >= 4 is 23.4 Å². The van der Waals surface area contributed by atoms with Gasteiger partial charge in [-0.2, -0.15) is 0 Å². The third kappa shape index (κ3) is 2.70. The maximum Gasteiger partial charge on any atom is 0.119 e. The Morgan fingerprint density at radius 2 is 1.71 bits per heavy atom. The van der Waals surface area contributed by atoms with Crippen molar-refractivity contribution in [2.75, 3.05) is 26.1 Å². The third-order valence-electron chi connectivity index (χ3n) is 3.74. The largest absolute Gasteiger partial charge is 0.497 e. The monoisotopic (exact) mass is 277 g/mol. The van der Waals surface area contributed by atoms with Crippen LogP contribution < -0.4 is 9.64 Å². The summed E-state index contributed by atoms with van der Waals surface area (Å²) in [6.07, 6.45) is 6.51. The Morgan fingerprint density at radius 3 is 2.38 bits per heavy atom. The molecule has 2 aromatic carbocycles. The molecule has 2 aromatic rings. The van der Waals surface area contributed by atoms with Gasteiger partial charge < -0.3 is 9.64 Å². The van der Waals surface area contributed by atoms with E-state index in [1.807, 2.05) is 6.07 Å². The van der Waals surface area contributed by atoms with Crippen LogP contribution in [-0.4, -0.2) is 21.2 Å². The number of benzene rings is 2. The number of hydrogen-bond acceptors (Lipinski definition) is 2. The third-order valence-corrected chi connectivity index (χ3v) is 3.74. The zero-order valence-electron chi connectivity index (χ0n) is 12.6. The highest BCUT2D eigenvalue weighted by Crippen LogP contribution is 2.33. The number of ether oxygens (including phenoxy) is 1. The summed E-state index contributed by atoms with van der Waals surface area (Å²) in [6, 6.07) is 14.8. The maximum absolute atomic E-state index is 5.27. The van der Waals surface area contributed by atoms with Crippen LogP contribution in [0.1, 0.15) is 16.7 Å². The molecule has 0 saturated heterocycles. The van der Waals surface area contributed by atoms with E-state index < -0.39 is 0 Å². The van der Waals surface area contributed by atoms with E-state index in [1.165, 1.54) is 28.0 Å². The molecule has 0 N–H and O–H groups in total. The first-order valence-electron chi connectivity index (χ1n) is 7.03. The van der Waals surface area contributed by atoms with Gasteiger partial charge in [0.05, 0.1) is 7.11 Å². The van der Waals surface area contributed by atoms with Crippen molar-refractivity contribution in [2.45, 2.75) is 0 Å². The van der Waals surface area contributed by atoms with Gasteiger partial charge in [0.2, 0.25) is 0 Å². The summed E-state index contributed by atoms with van der Waals surface area (Å²) in [5, 5.41) is 0. The van der Waals surface area contributed by atoms with Crippen molar-refractivity contribution in [1.82, 2.24) is 0 Å². The molecule has 0 aliphatic heterocycles. The Bertz CT molecular complexity index is 709. The van der Waals surface area contributed by atoms with Crippen LogP contribution in [0.5, 0.6) is 5.75 Å². The van der Waals surface area contributed by atoms with Crippen molar-refractivity contribution in [3.05, 3.63) is 65.2 Å². The van der Waals surface area contributed by atoms with Gasteiger partial charge in [0.25, 0.3) is 0 Å². The molecule has 0 bridgehead atoms. The number of fused-ring (bicyclic) bond motifs is 1. The number of rotatable bonds is 3. The van der Waals surface area contributed by atoms with Gasteiger partial charge >= 0.3 is 0 Å². The predicted octanol–water partition coefficient (Wildman–Crippen LogP) is 4.33. The lowest BCUT2D eigenvalue weighted by atomic mass is 10.0. The first-order chi connectivity index (χ1) is 10.2. The molecule has 0 fully saturated rings. The lowest BCUT2D eigenvalue weighted by molar-refractivity contribution is 0.414. The summed E-state index contributed by atoms with van der Waals surface area (Å²) in [7, 11) is 5.80. The average Bonchev–Trinajstić information content (AvgIpc) is 2.90. The number of allylic oxidation sites excluding steroid dienone is 2. The Kier molecular flexibility index (Phi) is 3.53. The van der Waals surface area contributed by atoms with Gasteiger partial charge in [-0.25, -0.2) is 0 Å². The van der Waals surface area contributed by atoms with E-state index in [9.17, 15) is 0 Å². The Balaban J connectivity index is 1.91. The fourth-order valence-electron chi connectivity index (χ4n) is 2.51. The zero-order chi connectivity index (χ0) is 14.8. The lowest BCUT2D eigenvalue weighted by Crippen LogP contribution is -2.07. The van der Waals surface area contributed by atoms with Crippen molar-refractivity contribution in [2.24, 2.45) is 0 Å². The number of methoxy groups -OCH3 is 1. The number of nitrogens with zero attached hydrogens (tertiary/aromatic N) is 1. The summed E-state index contributed by atoms with van der Waals surface area (Å²) >= 11 is 0. The van der Waals surface area contributed by atoms with Crippen molar-refractivity contribution < 1.29 is 4.74 Å². The van der Waals surface area contributed by atoms with Crippen LogP contribution in [0.25, 0.3) is 17.7 Å². The zero-order valence-corrected chi connectivity index (χ0v) is 12.6. The quantitative estimate of drug-likeness (QED) is 0.828. The Hall–Kier alpha value is -2.48. The minimum absolute atomic E-state index is 0.898. The van der Waals surface area contributed by atoms with Crippen LogP contribution in [0.4, 0.5) is 5.69 Å². The van der Waals surface area contributed by atoms with E-state index in [-0.39, 0.29) is 0 Å². The van der Waals surface area contributed by atoms with Gasteiger partial charge in [-0.1, -0.05) is 30.4 Å². The molecule has 0 spiro atoms. The SMILES string of the molecule is COc1ccc2c(c1)C=C/C2=C\c1ccc(N(C)C)cc1. The first kappa shape index (κ1) is 13.5. The summed E-state index contributed by atoms with van der Waals surface area (Å²) in [6.45, 7) is 0. The van der Waals surface area contributed by atoms with E-state index in [2.05, 4.69) is 73.6 Å². The molecular weight excluding hydrogens is 258 g/mol. The van der Waals surface area contributed by atoms with Crippen LogP contribution >= 0.6 is 0 Å². The molecule has 1 aliphatic rings. The van der Waals surface area contributed by atoms with Crippen LogP contribution in [0.2, 0.25) is 0 Å². The second-order valence-corrected chi connectivity index (χ2v) is 5.37. The molecule has 0 aromatic heterocycles. The standard InChI is InChI=1S/C19H19NO/c1-20(2)17-8-4-14(5-9-17)12-15-6-7-16-13-18(21-3)10-11-19(15)16/h4-13H,1-3H3/b15-12+. The number of anilines is 1. The molecule has 0 saturated carbocycles. The minimum Gasteiger partial charge on any atom is -0.497 e. The van der Waals surface area contributed by atoms with Gasteiger partial charge in [0.15, 0.2) is 0 Å². The van der Waals surface area contributed by atoms with Crippen LogP contribution in [0.3, 0.4) is 0 Å². The normalized spacial score (nSPS) is 14.3. The molecule has 3 rings (SSSR count). The van der Waals surface area contributed by atoms with Crippen LogP contribution in [-0.2, 0) is 0 Å². The van der Waals surface area contributed by atoms with E-state index in [0.29, 0.717) is 0 Å². The molecule has 2 heteroatoms. The molecular formula is C19H19NO. The Morgan fingerprint density at radius 1 is 0.952 bits per heavy atom. The van der Waals surface area contributed by atoms with Crippen LogP contribution in [0.15, 0.2) is 48.5 Å². The van der Waals surface area contributed by atoms with Gasteiger partial charge in [-0.15, -0.1) is 0 Å². The van der Waals surface area contributed by atoms with Crippen LogP contribution in [0, 0.1) is 0 Å². The summed E-state index contributed by atoms with van der Waals surface area (Å²) in [5.41, 5.74) is 6.14. The molecule has 106 valence electrons. The second-order valence-electron chi connectivity index (χ2n) is 5.37. The van der Waals surface area contributed by atoms with E-state index in [1.54, 1.807) is 7.11 Å². The fraction of sp³-hybridized carbons (Fsp3) is 0.158. The molecule has 0 atom stereocenters. The predicted molar refractivity (Wildman–Crippen MR) is 90.7 cm³/mol. The highest BCUT2D eigenvalue weighted by atomic mass is 16.5. The molecule has 21 heavy (non-hydrogen) atoms. The summed E-state index contributed by atoms with van der Waals surface area (Å²) in [5.74, 6) is 0.898. The first-order valence-corrected chi connectivity index (χ1v) is 7.03. The number of hydrogen-bond donors (Lipinski definition) is 0. The Labute approximate surface area is 126 Å². The molecule has 1 aliphatic carbocycles. The van der Waals surface area contributed by atoms with E-state index in [4.69, 9.17) is 4.74 Å². The molecule has 0 heterocycles. The average molecular weight is 277 g/mol. The fourth-order valence-corrected chi connectivity index (χ4v) is 2.51. The van der Waals surface area contributed by atoms with Gasteiger partial charge in [0, 0.05) is 19.8 Å². The minimum atomic E-state index is 0.898. The lowest BCUT2D eigenvalue weighted by Gasteiger charge is -2.12. The van der Waals surface area contributed by atoms with E-state index >= 15 is 0 Å². The molecule has 0 amide bonds. The maximum atomic E-state index is 5.27. The molecule has 2 nitrogen and oxygen atoms in total. The van der Waals surface area contributed by atoms with Crippen molar-refractivity contribution in [1.29, 1.82) is 0 Å². The van der Waals surface area contributed by atoms with Gasteiger partial charge in [-0.05, 0) is 52.6 Å². The molecule has 0 radical (unpaired) electrons. The second kappa shape index (κ2) is 5.49. The smallest absolute Gasteiger partial charge is 0.119 e. The topological polar surface area (TPSA) is 12.5 Å². The van der Waals surface area contributed by atoms with Gasteiger partial charge in [-0.3, -0.25) is 0 Å². The molecule has 0 unspecified atom stereocenters. The highest BCUT2D eigenvalue weighted by molar-refractivity contribution is 5.97. The van der Waals surface area contributed by atoms with E-state index in [0.717, 1.165) is 5.75 Å². The van der Waals surface area contributed by atoms with Crippen molar-refractivity contribution in [3.63, 3.8) is 0 Å². The highest BCUT2D eigenvalue weighted by Gasteiger charge is 2.11. The summed E-state index contributed by atoms with van der Waals surface area (Å²) < 4.78 is 5.27. The van der Waals surface area contributed by atoms with Gasteiger partial charge in [0.1, 0.15) is 5.75 Å². The van der Waals surface area contributed by atoms with Crippen molar-refractivity contribution in [3.8, 4) is 5.75 Å².